The molecule has 0 aliphatic heterocycles. The number of primary amides is 1. The van der Waals surface area contributed by atoms with Crippen LogP contribution in [0.3, 0.4) is 0 Å². The van der Waals surface area contributed by atoms with E-state index in [1.165, 1.54) is 0 Å². The number of benzene rings is 1. The van der Waals surface area contributed by atoms with Gasteiger partial charge in [-0.25, -0.2) is 0 Å². The van der Waals surface area contributed by atoms with E-state index in [1.54, 1.807) is 0 Å². The maximum absolute atomic E-state index is 11.7. The van der Waals surface area contributed by atoms with Gasteiger partial charge in [0.2, 0.25) is 5.91 Å². The zero-order valence-corrected chi connectivity index (χ0v) is 13.0. The minimum atomic E-state index is -0.562. The maximum atomic E-state index is 11.7. The average molecular weight is 337 g/mol. The summed E-state index contributed by atoms with van der Waals surface area (Å²) in [5.41, 5.74) is 6.32. The predicted molar refractivity (Wildman–Crippen MR) is 81.1 cm³/mol. The van der Waals surface area contributed by atoms with Crippen LogP contribution in [-0.4, -0.2) is 5.91 Å². The molecule has 0 fully saturated rings. The molecule has 0 saturated heterocycles. The number of nitrogens with two attached hydrogens (primary N) is 1. The summed E-state index contributed by atoms with van der Waals surface area (Å²) < 4.78 is 6.47. The fourth-order valence-corrected chi connectivity index (χ4v) is 2.46. The number of furan rings is 1. The van der Waals surface area contributed by atoms with Crippen molar-refractivity contribution >= 4 is 21.8 Å². The third kappa shape index (κ3) is 3.49. The summed E-state index contributed by atoms with van der Waals surface area (Å²) in [4.78, 5) is 11.7. The summed E-state index contributed by atoms with van der Waals surface area (Å²) in [5.74, 6) is 1.20. The molecule has 1 amide bonds. The number of hydrogen-bond donors (Lipinski definition) is 2. The molecule has 0 radical (unpaired) electrons. The van der Waals surface area contributed by atoms with Gasteiger partial charge in [0.05, 0.1) is 6.04 Å². The molecule has 0 spiro atoms. The summed E-state index contributed by atoms with van der Waals surface area (Å²) in [6, 6.07) is 10.6. The lowest BCUT2D eigenvalue weighted by atomic mass is 10.1. The van der Waals surface area contributed by atoms with Crippen molar-refractivity contribution in [3.05, 3.63) is 58.0 Å². The van der Waals surface area contributed by atoms with E-state index in [4.69, 9.17) is 10.2 Å². The molecule has 106 valence electrons. The summed E-state index contributed by atoms with van der Waals surface area (Å²) in [6.45, 7) is 3.82. The van der Waals surface area contributed by atoms with Gasteiger partial charge < -0.3 is 10.2 Å². The molecule has 2 atom stereocenters. The van der Waals surface area contributed by atoms with Crippen molar-refractivity contribution in [1.29, 1.82) is 0 Å². The van der Waals surface area contributed by atoms with Gasteiger partial charge in [-0.05, 0) is 43.7 Å². The lowest BCUT2D eigenvalue weighted by Crippen LogP contribution is -2.35. The Bertz CT molecular complexity index is 609. The molecule has 3 N–H and O–H groups in total. The van der Waals surface area contributed by atoms with Crippen LogP contribution in [0.1, 0.15) is 36.1 Å². The fraction of sp³-hybridized carbons (Fsp3) is 0.267. The molecule has 4 nitrogen and oxygen atoms in total. The Morgan fingerprint density at radius 1 is 1.35 bits per heavy atom. The van der Waals surface area contributed by atoms with Gasteiger partial charge in [0.1, 0.15) is 17.6 Å². The molecule has 1 heterocycles. The lowest BCUT2D eigenvalue weighted by Gasteiger charge is -2.20. The first-order valence-corrected chi connectivity index (χ1v) is 7.14. The number of aryl methyl sites for hydroxylation is 1. The van der Waals surface area contributed by atoms with Gasteiger partial charge in [-0.2, -0.15) is 0 Å². The number of hydrogen-bond acceptors (Lipinski definition) is 3. The molecule has 0 bridgehead atoms. The van der Waals surface area contributed by atoms with Crippen molar-refractivity contribution in [2.75, 3.05) is 0 Å². The van der Waals surface area contributed by atoms with E-state index < -0.39 is 11.9 Å². The number of carbonyl (C=O) groups is 1. The summed E-state index contributed by atoms with van der Waals surface area (Å²) >= 11 is 3.40. The molecule has 1 aromatic carbocycles. The Kier molecular flexibility index (Phi) is 4.62. The minimum Gasteiger partial charge on any atom is -0.465 e. The monoisotopic (exact) mass is 336 g/mol. The van der Waals surface area contributed by atoms with Gasteiger partial charge in [0.15, 0.2) is 0 Å². The van der Waals surface area contributed by atoms with Crippen LogP contribution in [0, 0.1) is 6.92 Å². The molecule has 2 rings (SSSR count). The summed E-state index contributed by atoms with van der Waals surface area (Å²) in [7, 11) is 0. The van der Waals surface area contributed by atoms with E-state index in [1.807, 2.05) is 50.2 Å². The molecule has 5 heteroatoms. The standard InChI is InChI=1S/C15H17BrN2O2/c1-9-6-7-13(20-9)10(2)18-14(15(17)19)11-4-3-5-12(16)8-11/h3-8,10,14,18H,1-2H3,(H2,17,19)/t10-,14+/m0/s1. The van der Waals surface area contributed by atoms with Crippen LogP contribution in [-0.2, 0) is 4.79 Å². The zero-order chi connectivity index (χ0) is 14.7. The van der Waals surface area contributed by atoms with Crippen LogP contribution in [0.4, 0.5) is 0 Å². The van der Waals surface area contributed by atoms with Crippen LogP contribution in [0.15, 0.2) is 45.3 Å². The smallest absolute Gasteiger partial charge is 0.239 e. The van der Waals surface area contributed by atoms with Crippen LogP contribution < -0.4 is 11.1 Å². The Hall–Kier alpha value is -1.59. The molecule has 2 aromatic rings. The Labute approximate surface area is 126 Å². The van der Waals surface area contributed by atoms with E-state index in [9.17, 15) is 4.79 Å². The molecule has 1 aromatic heterocycles. The van der Waals surface area contributed by atoms with Crippen molar-refractivity contribution in [2.45, 2.75) is 25.9 Å². The van der Waals surface area contributed by atoms with Crippen LogP contribution in [0.2, 0.25) is 0 Å². The van der Waals surface area contributed by atoms with Crippen molar-refractivity contribution < 1.29 is 9.21 Å². The number of halogens is 1. The largest absolute Gasteiger partial charge is 0.465 e. The van der Waals surface area contributed by atoms with Crippen molar-refractivity contribution in [2.24, 2.45) is 5.73 Å². The molecule has 20 heavy (non-hydrogen) atoms. The highest BCUT2D eigenvalue weighted by molar-refractivity contribution is 9.10. The van der Waals surface area contributed by atoms with Crippen molar-refractivity contribution in [1.82, 2.24) is 5.32 Å². The molecule has 0 aliphatic rings. The first-order valence-electron chi connectivity index (χ1n) is 6.34. The molecule has 0 aliphatic carbocycles. The first-order chi connectivity index (χ1) is 9.47. The molecular weight excluding hydrogens is 320 g/mol. The van der Waals surface area contributed by atoms with E-state index in [0.29, 0.717) is 0 Å². The van der Waals surface area contributed by atoms with Gasteiger partial charge in [0.25, 0.3) is 0 Å². The first kappa shape index (κ1) is 14.8. The molecular formula is C15H17BrN2O2. The number of nitrogens with one attached hydrogen (secondary N) is 1. The lowest BCUT2D eigenvalue weighted by molar-refractivity contribution is -0.120. The van der Waals surface area contributed by atoms with Crippen LogP contribution in [0.5, 0.6) is 0 Å². The maximum Gasteiger partial charge on any atom is 0.239 e. The van der Waals surface area contributed by atoms with Gasteiger partial charge in [-0.1, -0.05) is 28.1 Å². The van der Waals surface area contributed by atoms with Crippen LogP contribution in [0.25, 0.3) is 0 Å². The highest BCUT2D eigenvalue weighted by atomic mass is 79.9. The third-order valence-corrected chi connectivity index (χ3v) is 3.56. The van der Waals surface area contributed by atoms with E-state index in [-0.39, 0.29) is 6.04 Å². The number of carbonyl (C=O) groups excluding carboxylic acids is 1. The SMILES string of the molecule is Cc1ccc([C@H](C)N[C@@H](C(N)=O)c2cccc(Br)c2)o1. The zero-order valence-electron chi connectivity index (χ0n) is 11.4. The average Bonchev–Trinajstić information content (AvgIpc) is 2.82. The molecule has 0 unspecified atom stereocenters. The summed E-state index contributed by atoms with van der Waals surface area (Å²) in [6.07, 6.45) is 0. The van der Waals surface area contributed by atoms with Crippen molar-refractivity contribution in [3.8, 4) is 0 Å². The quantitative estimate of drug-likeness (QED) is 0.880. The Morgan fingerprint density at radius 3 is 2.65 bits per heavy atom. The van der Waals surface area contributed by atoms with E-state index >= 15 is 0 Å². The second kappa shape index (κ2) is 6.24. The predicted octanol–water partition coefficient (Wildman–Crippen LogP) is 3.23. The topological polar surface area (TPSA) is 68.3 Å². The minimum absolute atomic E-state index is 0.111. The van der Waals surface area contributed by atoms with Crippen molar-refractivity contribution in [3.63, 3.8) is 0 Å². The Morgan fingerprint density at radius 2 is 2.10 bits per heavy atom. The summed E-state index contributed by atoms with van der Waals surface area (Å²) in [5, 5.41) is 3.20. The van der Waals surface area contributed by atoms with E-state index in [0.717, 1.165) is 21.6 Å². The fourth-order valence-electron chi connectivity index (χ4n) is 2.05. The van der Waals surface area contributed by atoms with Gasteiger partial charge in [-0.15, -0.1) is 0 Å². The van der Waals surface area contributed by atoms with Gasteiger partial charge in [0, 0.05) is 4.47 Å². The van der Waals surface area contributed by atoms with Gasteiger partial charge >= 0.3 is 0 Å². The third-order valence-electron chi connectivity index (χ3n) is 3.07. The normalized spacial score (nSPS) is 13.9. The van der Waals surface area contributed by atoms with E-state index in [2.05, 4.69) is 21.2 Å². The second-order valence-corrected chi connectivity index (χ2v) is 5.64. The van der Waals surface area contributed by atoms with Crippen LogP contribution >= 0.6 is 15.9 Å². The number of rotatable bonds is 5. The molecule has 0 saturated carbocycles. The second-order valence-electron chi connectivity index (χ2n) is 4.73. The highest BCUT2D eigenvalue weighted by Gasteiger charge is 2.22. The highest BCUT2D eigenvalue weighted by Crippen LogP contribution is 2.23. The number of amides is 1. The Balaban J connectivity index is 2.20. The van der Waals surface area contributed by atoms with Gasteiger partial charge in [-0.3, -0.25) is 10.1 Å².